The molecule has 0 radical (unpaired) electrons. The van der Waals surface area contributed by atoms with Crippen LogP contribution in [0.2, 0.25) is 0 Å². The third-order valence-electron chi connectivity index (χ3n) is 2.90. The van der Waals surface area contributed by atoms with Crippen LogP contribution in [0.1, 0.15) is 12.0 Å². The number of carbonyl (C=O) groups excluding carboxylic acids is 2. The van der Waals surface area contributed by atoms with Crippen molar-refractivity contribution in [2.75, 3.05) is 16.4 Å². The van der Waals surface area contributed by atoms with Gasteiger partial charge in [0.25, 0.3) is 5.24 Å². The van der Waals surface area contributed by atoms with Gasteiger partial charge in [0.1, 0.15) is 0 Å². The topological polar surface area (TPSA) is 37.4 Å². The highest BCUT2D eigenvalue weighted by Crippen LogP contribution is 2.34. The van der Waals surface area contributed by atoms with Crippen molar-refractivity contribution in [2.45, 2.75) is 17.7 Å². The molecule has 3 rings (SSSR count). The molecule has 2 amide bonds. The summed E-state index contributed by atoms with van der Waals surface area (Å²) < 4.78 is 0. The standard InChI is InChI=1S/C12H11NO2S2/c14-11-7-17-12(15)13(11)9-3-4-10-8(6-9)2-1-5-16-10/h3-4,6H,1-2,5,7H2. The third kappa shape index (κ3) is 1.98. The molecule has 88 valence electrons. The Labute approximate surface area is 108 Å². The summed E-state index contributed by atoms with van der Waals surface area (Å²) in [5.74, 6) is 1.32. The average molecular weight is 265 g/mol. The van der Waals surface area contributed by atoms with Crippen LogP contribution in [0.15, 0.2) is 23.1 Å². The summed E-state index contributed by atoms with van der Waals surface area (Å²) in [6.45, 7) is 0. The van der Waals surface area contributed by atoms with Gasteiger partial charge in [-0.25, -0.2) is 4.90 Å². The number of imide groups is 1. The SMILES string of the molecule is O=C1CSC(=O)N1c1ccc2c(c1)CCCS2. The predicted molar refractivity (Wildman–Crippen MR) is 70.8 cm³/mol. The molecule has 1 aromatic carbocycles. The Kier molecular flexibility index (Phi) is 2.88. The van der Waals surface area contributed by atoms with E-state index in [1.54, 1.807) is 0 Å². The molecule has 2 heterocycles. The van der Waals surface area contributed by atoms with Crippen LogP contribution in [0.4, 0.5) is 10.5 Å². The van der Waals surface area contributed by atoms with Gasteiger partial charge in [-0.05, 0) is 42.4 Å². The number of hydrogen-bond donors (Lipinski definition) is 0. The van der Waals surface area contributed by atoms with Crippen LogP contribution in [0.3, 0.4) is 0 Å². The van der Waals surface area contributed by atoms with Gasteiger partial charge >= 0.3 is 0 Å². The summed E-state index contributed by atoms with van der Waals surface area (Å²) in [6.07, 6.45) is 2.21. The number of thioether (sulfide) groups is 2. The Morgan fingerprint density at radius 2 is 2.06 bits per heavy atom. The van der Waals surface area contributed by atoms with E-state index in [1.165, 1.54) is 15.4 Å². The van der Waals surface area contributed by atoms with Crippen LogP contribution in [0.5, 0.6) is 0 Å². The summed E-state index contributed by atoms with van der Waals surface area (Å²) >= 11 is 2.93. The molecule has 0 saturated carbocycles. The maximum atomic E-state index is 11.6. The van der Waals surface area contributed by atoms with Gasteiger partial charge in [-0.15, -0.1) is 11.8 Å². The number of anilines is 1. The van der Waals surface area contributed by atoms with E-state index in [0.717, 1.165) is 36.0 Å². The fourth-order valence-electron chi connectivity index (χ4n) is 2.09. The number of fused-ring (bicyclic) bond motifs is 1. The zero-order valence-corrected chi connectivity index (χ0v) is 10.8. The van der Waals surface area contributed by atoms with Crippen molar-refractivity contribution in [2.24, 2.45) is 0 Å². The summed E-state index contributed by atoms with van der Waals surface area (Å²) in [4.78, 5) is 25.8. The molecule has 5 heteroatoms. The van der Waals surface area contributed by atoms with Crippen molar-refractivity contribution in [3.8, 4) is 0 Å². The summed E-state index contributed by atoms with van der Waals surface area (Å²) in [5.41, 5.74) is 1.99. The lowest BCUT2D eigenvalue weighted by atomic mass is 10.1. The van der Waals surface area contributed by atoms with E-state index in [1.807, 2.05) is 30.0 Å². The molecule has 0 aliphatic carbocycles. The first-order valence-electron chi connectivity index (χ1n) is 5.51. The minimum atomic E-state index is -0.154. The fraction of sp³-hybridized carbons (Fsp3) is 0.333. The lowest BCUT2D eigenvalue weighted by Gasteiger charge is -2.19. The van der Waals surface area contributed by atoms with E-state index in [9.17, 15) is 9.59 Å². The van der Waals surface area contributed by atoms with Crippen molar-refractivity contribution < 1.29 is 9.59 Å². The highest BCUT2D eigenvalue weighted by molar-refractivity contribution is 8.15. The molecule has 1 saturated heterocycles. The van der Waals surface area contributed by atoms with E-state index >= 15 is 0 Å². The van der Waals surface area contributed by atoms with Crippen LogP contribution in [0, 0.1) is 0 Å². The lowest BCUT2D eigenvalue weighted by Crippen LogP contribution is -2.28. The number of aryl methyl sites for hydroxylation is 1. The summed E-state index contributed by atoms with van der Waals surface area (Å²) in [6, 6.07) is 5.89. The molecule has 0 N–H and O–H groups in total. The maximum Gasteiger partial charge on any atom is 0.293 e. The Morgan fingerprint density at radius 1 is 1.18 bits per heavy atom. The fourth-order valence-corrected chi connectivity index (χ4v) is 3.82. The number of nitrogens with zero attached hydrogens (tertiary/aromatic N) is 1. The summed E-state index contributed by atoms with van der Waals surface area (Å²) in [7, 11) is 0. The number of rotatable bonds is 1. The van der Waals surface area contributed by atoms with Crippen LogP contribution in [-0.4, -0.2) is 22.7 Å². The zero-order valence-electron chi connectivity index (χ0n) is 9.14. The van der Waals surface area contributed by atoms with E-state index in [0.29, 0.717) is 0 Å². The Hall–Kier alpha value is -0.940. The van der Waals surface area contributed by atoms with Crippen molar-refractivity contribution in [3.63, 3.8) is 0 Å². The van der Waals surface area contributed by atoms with Gasteiger partial charge in [0, 0.05) is 4.90 Å². The minimum absolute atomic E-state index is 0.108. The van der Waals surface area contributed by atoms with E-state index in [4.69, 9.17) is 0 Å². The molecule has 1 fully saturated rings. The van der Waals surface area contributed by atoms with Crippen LogP contribution in [0.25, 0.3) is 0 Å². The number of carbonyl (C=O) groups is 2. The molecule has 2 aliphatic heterocycles. The van der Waals surface area contributed by atoms with Gasteiger partial charge < -0.3 is 0 Å². The molecule has 17 heavy (non-hydrogen) atoms. The molecule has 0 aromatic heterocycles. The minimum Gasteiger partial charge on any atom is -0.273 e. The second kappa shape index (κ2) is 4.38. The molecular formula is C12H11NO2S2. The number of amides is 2. The Bertz CT molecular complexity index is 485. The Morgan fingerprint density at radius 3 is 2.82 bits per heavy atom. The monoisotopic (exact) mass is 265 g/mol. The Balaban J connectivity index is 1.98. The van der Waals surface area contributed by atoms with Crippen molar-refractivity contribution in [3.05, 3.63) is 23.8 Å². The van der Waals surface area contributed by atoms with Crippen LogP contribution in [-0.2, 0) is 11.2 Å². The van der Waals surface area contributed by atoms with Crippen LogP contribution < -0.4 is 4.90 Å². The van der Waals surface area contributed by atoms with Gasteiger partial charge in [-0.3, -0.25) is 9.59 Å². The molecule has 1 aromatic rings. The highest BCUT2D eigenvalue weighted by atomic mass is 32.2. The van der Waals surface area contributed by atoms with Crippen molar-refractivity contribution in [1.82, 2.24) is 0 Å². The molecule has 0 atom stereocenters. The van der Waals surface area contributed by atoms with Gasteiger partial charge in [-0.2, -0.15) is 0 Å². The predicted octanol–water partition coefficient (Wildman–Crippen LogP) is 2.92. The molecule has 0 spiro atoms. The van der Waals surface area contributed by atoms with Gasteiger partial charge in [0.05, 0.1) is 11.4 Å². The molecule has 0 bridgehead atoms. The van der Waals surface area contributed by atoms with Gasteiger partial charge in [0.2, 0.25) is 5.91 Å². The number of hydrogen-bond acceptors (Lipinski definition) is 4. The number of benzene rings is 1. The molecule has 0 unspecified atom stereocenters. The van der Waals surface area contributed by atoms with Crippen molar-refractivity contribution in [1.29, 1.82) is 0 Å². The first-order chi connectivity index (χ1) is 8.25. The normalized spacial score (nSPS) is 19.6. The van der Waals surface area contributed by atoms with Crippen LogP contribution >= 0.6 is 23.5 Å². The smallest absolute Gasteiger partial charge is 0.273 e. The molecular weight excluding hydrogens is 254 g/mol. The lowest BCUT2D eigenvalue weighted by molar-refractivity contribution is -0.115. The van der Waals surface area contributed by atoms with E-state index in [-0.39, 0.29) is 16.9 Å². The zero-order chi connectivity index (χ0) is 11.8. The third-order valence-corrected chi connectivity index (χ3v) is 4.92. The summed E-state index contributed by atoms with van der Waals surface area (Å²) in [5, 5.41) is -0.154. The first-order valence-corrected chi connectivity index (χ1v) is 7.48. The second-order valence-electron chi connectivity index (χ2n) is 4.03. The molecule has 3 nitrogen and oxygen atoms in total. The molecule has 2 aliphatic rings. The highest BCUT2D eigenvalue weighted by Gasteiger charge is 2.31. The maximum absolute atomic E-state index is 11.6. The van der Waals surface area contributed by atoms with Crippen molar-refractivity contribution >= 4 is 40.4 Å². The van der Waals surface area contributed by atoms with Gasteiger partial charge in [-0.1, -0.05) is 11.8 Å². The quantitative estimate of drug-likeness (QED) is 0.782. The second-order valence-corrected chi connectivity index (χ2v) is 6.09. The first kappa shape index (κ1) is 11.2. The van der Waals surface area contributed by atoms with E-state index < -0.39 is 0 Å². The van der Waals surface area contributed by atoms with Gasteiger partial charge in [0.15, 0.2) is 0 Å². The average Bonchev–Trinajstić information content (AvgIpc) is 2.68. The largest absolute Gasteiger partial charge is 0.293 e. The van der Waals surface area contributed by atoms with E-state index in [2.05, 4.69) is 0 Å².